The van der Waals surface area contributed by atoms with E-state index in [1.165, 1.54) is 12.7 Å². The molecule has 1 atom stereocenters. The molecule has 11 nitrogen and oxygen atoms in total. The van der Waals surface area contributed by atoms with Gasteiger partial charge in [0.1, 0.15) is 35.5 Å². The molecule has 0 bridgehead atoms. The van der Waals surface area contributed by atoms with Crippen LogP contribution in [0.3, 0.4) is 0 Å². The molecule has 5 heterocycles. The SMILES string of the molecule is CC1CCCCN1Cc1nn(CCOCC(F)(F)F)c2c(Nc3ccncn3)nc(N3CCNCC3)nc12. The van der Waals surface area contributed by atoms with Gasteiger partial charge < -0.3 is 20.3 Å². The number of nitrogens with one attached hydrogen (secondary N) is 2. The van der Waals surface area contributed by atoms with Crippen LogP contribution >= 0.6 is 0 Å². The van der Waals surface area contributed by atoms with Gasteiger partial charge >= 0.3 is 6.18 Å². The first kappa shape index (κ1) is 26.5. The van der Waals surface area contributed by atoms with Gasteiger partial charge in [0.2, 0.25) is 5.95 Å². The quantitative estimate of drug-likeness (QED) is 0.398. The summed E-state index contributed by atoms with van der Waals surface area (Å²) in [7, 11) is 0. The van der Waals surface area contributed by atoms with Crippen LogP contribution in [0.5, 0.6) is 0 Å². The van der Waals surface area contributed by atoms with E-state index in [2.05, 4.69) is 37.3 Å². The van der Waals surface area contributed by atoms with Crippen molar-refractivity contribution in [3.8, 4) is 0 Å². The molecule has 0 aliphatic carbocycles. The van der Waals surface area contributed by atoms with Crippen LogP contribution in [0.1, 0.15) is 31.9 Å². The van der Waals surface area contributed by atoms with Crippen molar-refractivity contribution >= 4 is 28.6 Å². The Kier molecular flexibility index (Phi) is 8.19. The Bertz CT molecular complexity index is 1200. The molecule has 2 N–H and O–H groups in total. The second kappa shape index (κ2) is 11.7. The summed E-state index contributed by atoms with van der Waals surface area (Å²) in [6.07, 6.45) is 2.11. The maximum absolute atomic E-state index is 12.7. The number of rotatable bonds is 9. The summed E-state index contributed by atoms with van der Waals surface area (Å²) < 4.78 is 44.5. The van der Waals surface area contributed by atoms with E-state index in [4.69, 9.17) is 19.8 Å². The highest BCUT2D eigenvalue weighted by atomic mass is 19.4. The maximum Gasteiger partial charge on any atom is 0.411 e. The second-order valence-electron chi connectivity index (χ2n) is 9.68. The van der Waals surface area contributed by atoms with Crippen LogP contribution in [0.2, 0.25) is 0 Å². The van der Waals surface area contributed by atoms with Crippen molar-refractivity contribution in [2.75, 3.05) is 56.2 Å². The van der Waals surface area contributed by atoms with Gasteiger partial charge in [0.05, 0.1) is 13.2 Å². The number of ether oxygens (including phenoxy) is 1. The van der Waals surface area contributed by atoms with Crippen LogP contribution < -0.4 is 15.5 Å². The van der Waals surface area contributed by atoms with E-state index in [0.717, 1.165) is 51.3 Å². The molecule has 2 fully saturated rings. The monoisotopic (exact) mass is 534 g/mol. The number of halogens is 3. The topological polar surface area (TPSA) is 109 Å². The fraction of sp³-hybridized carbons (Fsp3) is 0.625. The fourth-order valence-corrected chi connectivity index (χ4v) is 4.90. The van der Waals surface area contributed by atoms with Gasteiger partial charge in [-0.3, -0.25) is 9.58 Å². The van der Waals surface area contributed by atoms with E-state index in [1.807, 2.05) is 0 Å². The summed E-state index contributed by atoms with van der Waals surface area (Å²) in [4.78, 5) is 22.6. The smallest absolute Gasteiger partial charge is 0.370 e. The standard InChI is InChI=1S/C24H33F3N10O/c1-17-4-2-3-9-36(17)14-18-20-21(37(34-18)12-13-38-15-24(25,26)27)22(31-19-5-6-29-16-30-19)33-23(32-20)35-10-7-28-8-11-35/h5-6,16-17,28H,2-4,7-15H2,1H3,(H,29,30,31,32,33). The molecule has 2 aliphatic heterocycles. The zero-order valence-corrected chi connectivity index (χ0v) is 21.4. The number of likely N-dealkylation sites (tertiary alicyclic amines) is 1. The van der Waals surface area contributed by atoms with Crippen molar-refractivity contribution in [3.05, 3.63) is 24.3 Å². The first-order valence-electron chi connectivity index (χ1n) is 13.0. The van der Waals surface area contributed by atoms with Gasteiger partial charge in [0, 0.05) is 45.0 Å². The Balaban J connectivity index is 1.55. The molecule has 0 aromatic carbocycles. The Morgan fingerprint density at radius 3 is 2.74 bits per heavy atom. The minimum Gasteiger partial charge on any atom is -0.370 e. The van der Waals surface area contributed by atoms with Gasteiger partial charge in [-0.25, -0.2) is 15.0 Å². The predicted molar refractivity (Wildman–Crippen MR) is 136 cm³/mol. The highest BCUT2D eigenvalue weighted by molar-refractivity contribution is 5.90. The molecular weight excluding hydrogens is 501 g/mol. The lowest BCUT2D eigenvalue weighted by atomic mass is 10.0. The van der Waals surface area contributed by atoms with Gasteiger partial charge in [0.25, 0.3) is 0 Å². The summed E-state index contributed by atoms with van der Waals surface area (Å²) in [5, 5.41) is 11.5. The molecule has 0 saturated carbocycles. The zero-order valence-electron chi connectivity index (χ0n) is 21.4. The largest absolute Gasteiger partial charge is 0.411 e. The Hall–Kier alpha value is -3.10. The van der Waals surface area contributed by atoms with Crippen molar-refractivity contribution in [2.45, 2.75) is 51.5 Å². The van der Waals surface area contributed by atoms with Gasteiger partial charge in [-0.2, -0.15) is 23.3 Å². The Labute approximate surface area is 218 Å². The molecule has 2 aliphatic rings. The molecule has 0 spiro atoms. The van der Waals surface area contributed by atoms with Crippen LogP contribution in [-0.4, -0.2) is 92.8 Å². The molecule has 0 amide bonds. The number of piperidine rings is 1. The van der Waals surface area contributed by atoms with Gasteiger partial charge in [0.15, 0.2) is 5.82 Å². The average molecular weight is 535 g/mol. The third-order valence-electron chi connectivity index (χ3n) is 6.88. The Morgan fingerprint density at radius 1 is 1.16 bits per heavy atom. The summed E-state index contributed by atoms with van der Waals surface area (Å²) in [5.41, 5.74) is 2.06. The number of alkyl halides is 3. The third kappa shape index (κ3) is 6.48. The summed E-state index contributed by atoms with van der Waals surface area (Å²) >= 11 is 0. The zero-order chi connectivity index (χ0) is 26.5. The molecule has 38 heavy (non-hydrogen) atoms. The first-order valence-corrected chi connectivity index (χ1v) is 13.0. The van der Waals surface area contributed by atoms with Crippen LogP contribution in [0, 0.1) is 0 Å². The van der Waals surface area contributed by atoms with Crippen molar-refractivity contribution in [1.82, 2.24) is 39.9 Å². The molecule has 3 aromatic heterocycles. The number of hydrogen-bond donors (Lipinski definition) is 2. The van der Waals surface area contributed by atoms with Crippen LogP contribution in [-0.2, 0) is 17.8 Å². The minimum absolute atomic E-state index is 0.122. The summed E-state index contributed by atoms with van der Waals surface area (Å²) in [6, 6.07) is 2.13. The number of fused-ring (bicyclic) bond motifs is 1. The van der Waals surface area contributed by atoms with E-state index in [0.29, 0.717) is 41.2 Å². The molecular formula is C24H33F3N10O. The number of hydrogen-bond acceptors (Lipinski definition) is 10. The predicted octanol–water partition coefficient (Wildman–Crippen LogP) is 2.72. The van der Waals surface area contributed by atoms with Crippen LogP contribution in [0.15, 0.2) is 18.6 Å². The van der Waals surface area contributed by atoms with Crippen molar-refractivity contribution in [2.24, 2.45) is 0 Å². The summed E-state index contributed by atoms with van der Waals surface area (Å²) in [6.45, 7) is 5.61. The van der Waals surface area contributed by atoms with Crippen molar-refractivity contribution in [1.29, 1.82) is 0 Å². The highest BCUT2D eigenvalue weighted by Gasteiger charge is 2.28. The minimum atomic E-state index is -4.39. The molecule has 206 valence electrons. The lowest BCUT2D eigenvalue weighted by Crippen LogP contribution is -2.44. The number of aromatic nitrogens is 6. The maximum atomic E-state index is 12.7. The Morgan fingerprint density at radius 2 is 2.00 bits per heavy atom. The number of piperazine rings is 1. The van der Waals surface area contributed by atoms with Crippen LogP contribution in [0.4, 0.5) is 30.8 Å². The molecule has 2 saturated heterocycles. The van der Waals surface area contributed by atoms with E-state index in [-0.39, 0.29) is 13.2 Å². The highest BCUT2D eigenvalue weighted by Crippen LogP contribution is 2.30. The van der Waals surface area contributed by atoms with Gasteiger partial charge in [-0.05, 0) is 32.4 Å². The second-order valence-corrected chi connectivity index (χ2v) is 9.68. The van der Waals surface area contributed by atoms with E-state index >= 15 is 0 Å². The number of anilines is 3. The van der Waals surface area contributed by atoms with E-state index < -0.39 is 12.8 Å². The fourth-order valence-electron chi connectivity index (χ4n) is 4.90. The van der Waals surface area contributed by atoms with Crippen molar-refractivity contribution in [3.63, 3.8) is 0 Å². The summed E-state index contributed by atoms with van der Waals surface area (Å²) in [5.74, 6) is 1.61. The van der Waals surface area contributed by atoms with Gasteiger partial charge in [-0.15, -0.1) is 0 Å². The average Bonchev–Trinajstić information content (AvgIpc) is 3.26. The van der Waals surface area contributed by atoms with Crippen LogP contribution in [0.25, 0.3) is 11.0 Å². The molecule has 5 rings (SSSR count). The number of nitrogens with zero attached hydrogens (tertiary/aromatic N) is 8. The molecule has 1 unspecified atom stereocenters. The van der Waals surface area contributed by atoms with E-state index in [1.54, 1.807) is 16.9 Å². The lowest BCUT2D eigenvalue weighted by molar-refractivity contribution is -0.174. The first-order chi connectivity index (χ1) is 18.4. The third-order valence-corrected chi connectivity index (χ3v) is 6.88. The molecule has 0 radical (unpaired) electrons. The van der Waals surface area contributed by atoms with Gasteiger partial charge in [-0.1, -0.05) is 6.42 Å². The molecule has 14 heteroatoms. The van der Waals surface area contributed by atoms with Crippen molar-refractivity contribution < 1.29 is 17.9 Å². The molecule has 3 aromatic rings. The van der Waals surface area contributed by atoms with E-state index in [9.17, 15) is 13.2 Å². The lowest BCUT2D eigenvalue weighted by Gasteiger charge is -2.32. The normalized spacial score (nSPS) is 19.3.